The highest BCUT2D eigenvalue weighted by Gasteiger charge is 2.35. The van der Waals surface area contributed by atoms with Crippen molar-refractivity contribution in [3.05, 3.63) is 119 Å². The second-order valence-corrected chi connectivity index (χ2v) is 13.7. The number of rotatable bonds is 14. The van der Waals surface area contributed by atoms with Crippen molar-refractivity contribution >= 4 is 39.1 Å². The van der Waals surface area contributed by atoms with Crippen molar-refractivity contribution in [3.8, 4) is 11.5 Å². The highest BCUT2D eigenvalue weighted by molar-refractivity contribution is 7.92. The third kappa shape index (κ3) is 9.05. The van der Waals surface area contributed by atoms with E-state index < -0.39 is 28.5 Å². The number of methoxy groups -OCH3 is 2. The molecule has 0 aromatic heterocycles. The van der Waals surface area contributed by atoms with E-state index >= 15 is 0 Å². The molecule has 0 spiro atoms. The first kappa shape index (κ1) is 35.3. The third-order valence-corrected chi connectivity index (χ3v) is 9.53. The minimum atomic E-state index is -4.35. The van der Waals surface area contributed by atoms with Crippen LogP contribution in [-0.2, 0) is 32.6 Å². The van der Waals surface area contributed by atoms with Gasteiger partial charge in [-0.2, -0.15) is 0 Å². The normalized spacial score (nSPS) is 11.9. The van der Waals surface area contributed by atoms with E-state index in [1.165, 1.54) is 49.5 Å². The summed E-state index contributed by atoms with van der Waals surface area (Å²) in [5.41, 5.74) is 2.91. The minimum absolute atomic E-state index is 0.0764. The molecule has 1 N–H and O–H groups in total. The van der Waals surface area contributed by atoms with E-state index in [-0.39, 0.29) is 41.2 Å². The van der Waals surface area contributed by atoms with Crippen molar-refractivity contribution < 1.29 is 27.5 Å². The molecule has 11 heteroatoms. The maximum absolute atomic E-state index is 14.6. The maximum Gasteiger partial charge on any atom is 0.264 e. The standard InChI is InChI=1S/C36H40ClN3O6S/c1-25(2)38-36(42)32(21-27-9-7-6-8-10-27)39(23-28-13-11-26(3)12-14-28)35(41)24-40(30-17-15-29(37)16-18-30)47(43,44)31-19-20-33(45-4)34(22-31)46-5/h6-20,22,25,32H,21,23-24H2,1-5H3,(H,38,42)/t32-/m1/s1. The molecule has 248 valence electrons. The summed E-state index contributed by atoms with van der Waals surface area (Å²) in [6.45, 7) is 5.14. The van der Waals surface area contributed by atoms with Gasteiger partial charge in [-0.1, -0.05) is 71.8 Å². The zero-order valence-electron chi connectivity index (χ0n) is 27.1. The molecule has 0 aliphatic rings. The molecule has 0 fully saturated rings. The Kier molecular flexibility index (Phi) is 11.9. The number of carbonyl (C=O) groups excluding carboxylic acids is 2. The first-order valence-electron chi connectivity index (χ1n) is 15.1. The molecule has 47 heavy (non-hydrogen) atoms. The Hall–Kier alpha value is -4.54. The van der Waals surface area contributed by atoms with Gasteiger partial charge in [0, 0.05) is 30.1 Å². The quantitative estimate of drug-likeness (QED) is 0.175. The average molecular weight is 678 g/mol. The molecule has 0 bridgehead atoms. The molecule has 4 aromatic rings. The van der Waals surface area contributed by atoms with Gasteiger partial charge >= 0.3 is 0 Å². The van der Waals surface area contributed by atoms with Gasteiger partial charge in [-0.15, -0.1) is 0 Å². The van der Waals surface area contributed by atoms with Crippen molar-refractivity contribution in [2.24, 2.45) is 0 Å². The van der Waals surface area contributed by atoms with Crippen LogP contribution < -0.4 is 19.1 Å². The summed E-state index contributed by atoms with van der Waals surface area (Å²) in [4.78, 5) is 29.7. The first-order chi connectivity index (χ1) is 22.4. The van der Waals surface area contributed by atoms with Gasteiger partial charge in [0.2, 0.25) is 11.8 Å². The fourth-order valence-corrected chi connectivity index (χ4v) is 6.62. The summed E-state index contributed by atoms with van der Waals surface area (Å²) in [6.07, 6.45) is 0.223. The van der Waals surface area contributed by atoms with Crippen LogP contribution in [0.1, 0.15) is 30.5 Å². The van der Waals surface area contributed by atoms with Gasteiger partial charge < -0.3 is 19.7 Å². The zero-order valence-corrected chi connectivity index (χ0v) is 28.7. The van der Waals surface area contributed by atoms with Crippen molar-refractivity contribution in [3.63, 3.8) is 0 Å². The van der Waals surface area contributed by atoms with Crippen LogP contribution in [0.2, 0.25) is 5.02 Å². The second kappa shape index (κ2) is 15.8. The zero-order chi connectivity index (χ0) is 34.1. The van der Waals surface area contributed by atoms with E-state index in [2.05, 4.69) is 5.32 Å². The third-order valence-electron chi connectivity index (χ3n) is 7.51. The van der Waals surface area contributed by atoms with Crippen molar-refractivity contribution in [1.29, 1.82) is 0 Å². The van der Waals surface area contributed by atoms with Gasteiger partial charge in [0.25, 0.3) is 10.0 Å². The Balaban J connectivity index is 1.82. The van der Waals surface area contributed by atoms with E-state index in [1.807, 2.05) is 75.4 Å². The average Bonchev–Trinajstić information content (AvgIpc) is 3.06. The van der Waals surface area contributed by atoms with Crippen LogP contribution in [0.15, 0.2) is 102 Å². The summed E-state index contributed by atoms with van der Waals surface area (Å²) in [5, 5.41) is 3.36. The molecule has 4 rings (SSSR count). The van der Waals surface area contributed by atoms with Crippen LogP contribution >= 0.6 is 11.6 Å². The number of carbonyl (C=O) groups is 2. The number of aryl methyl sites for hydroxylation is 1. The number of nitrogens with one attached hydrogen (secondary N) is 1. The van der Waals surface area contributed by atoms with E-state index in [1.54, 1.807) is 12.1 Å². The molecule has 0 saturated carbocycles. The van der Waals surface area contributed by atoms with Gasteiger partial charge in [-0.3, -0.25) is 13.9 Å². The van der Waals surface area contributed by atoms with Gasteiger partial charge in [0.05, 0.1) is 24.8 Å². The number of sulfonamides is 1. The molecule has 9 nitrogen and oxygen atoms in total. The minimum Gasteiger partial charge on any atom is -0.493 e. The fourth-order valence-electron chi connectivity index (χ4n) is 5.07. The first-order valence-corrected chi connectivity index (χ1v) is 16.9. The molecular weight excluding hydrogens is 638 g/mol. The van der Waals surface area contributed by atoms with Crippen LogP contribution in [0.5, 0.6) is 11.5 Å². The number of ether oxygens (including phenoxy) is 2. The molecule has 0 heterocycles. The lowest BCUT2D eigenvalue weighted by atomic mass is 10.0. The number of nitrogens with zero attached hydrogens (tertiary/aromatic N) is 2. The fraction of sp³-hybridized carbons (Fsp3) is 0.278. The van der Waals surface area contributed by atoms with Crippen molar-refractivity contribution in [2.75, 3.05) is 25.1 Å². The highest BCUT2D eigenvalue weighted by atomic mass is 35.5. The number of anilines is 1. The molecule has 4 aromatic carbocycles. The van der Waals surface area contributed by atoms with E-state index in [0.717, 1.165) is 21.0 Å². The van der Waals surface area contributed by atoms with Crippen LogP contribution in [-0.4, -0.2) is 58.0 Å². The summed E-state index contributed by atoms with van der Waals surface area (Å²) < 4.78 is 40.3. The second-order valence-electron chi connectivity index (χ2n) is 11.4. The molecular formula is C36H40ClN3O6S. The Morgan fingerprint density at radius 2 is 1.47 bits per heavy atom. The van der Waals surface area contributed by atoms with E-state index in [4.69, 9.17) is 21.1 Å². The van der Waals surface area contributed by atoms with E-state index in [9.17, 15) is 18.0 Å². The monoisotopic (exact) mass is 677 g/mol. The van der Waals surface area contributed by atoms with Crippen molar-refractivity contribution in [2.45, 2.75) is 50.7 Å². The number of hydrogen-bond donors (Lipinski definition) is 1. The van der Waals surface area contributed by atoms with Crippen LogP contribution in [0, 0.1) is 6.92 Å². The van der Waals surface area contributed by atoms with Gasteiger partial charge in [-0.25, -0.2) is 8.42 Å². The number of hydrogen-bond acceptors (Lipinski definition) is 6. The van der Waals surface area contributed by atoms with Crippen LogP contribution in [0.4, 0.5) is 5.69 Å². The van der Waals surface area contributed by atoms with Gasteiger partial charge in [0.15, 0.2) is 11.5 Å². The number of amides is 2. The van der Waals surface area contributed by atoms with E-state index in [0.29, 0.717) is 10.8 Å². The number of halogens is 1. The topological polar surface area (TPSA) is 105 Å². The molecule has 1 atom stereocenters. The number of benzene rings is 4. The predicted molar refractivity (Wildman–Crippen MR) is 184 cm³/mol. The summed E-state index contributed by atoms with van der Waals surface area (Å²) >= 11 is 6.16. The molecule has 0 unspecified atom stereocenters. The molecule has 0 aliphatic heterocycles. The SMILES string of the molecule is COc1ccc(S(=O)(=O)N(CC(=O)N(Cc2ccc(C)cc2)[C@H](Cc2ccccc2)C(=O)NC(C)C)c2ccc(Cl)cc2)cc1OC. The Labute approximate surface area is 282 Å². The van der Waals surface area contributed by atoms with Crippen LogP contribution in [0.3, 0.4) is 0 Å². The summed E-state index contributed by atoms with van der Waals surface area (Å²) in [5.74, 6) is -0.343. The Bertz CT molecular complexity index is 1770. The molecule has 0 radical (unpaired) electrons. The van der Waals surface area contributed by atoms with Gasteiger partial charge in [0.1, 0.15) is 12.6 Å². The lowest BCUT2D eigenvalue weighted by Gasteiger charge is -2.34. The highest BCUT2D eigenvalue weighted by Crippen LogP contribution is 2.33. The lowest BCUT2D eigenvalue weighted by molar-refractivity contribution is -0.140. The lowest BCUT2D eigenvalue weighted by Crippen LogP contribution is -2.54. The van der Waals surface area contributed by atoms with Gasteiger partial charge in [-0.05, 0) is 68.3 Å². The molecule has 0 saturated heterocycles. The Morgan fingerprint density at radius 3 is 2.06 bits per heavy atom. The largest absolute Gasteiger partial charge is 0.493 e. The van der Waals surface area contributed by atoms with Crippen LogP contribution in [0.25, 0.3) is 0 Å². The molecule has 0 aliphatic carbocycles. The Morgan fingerprint density at radius 1 is 0.830 bits per heavy atom. The molecule has 2 amide bonds. The van der Waals surface area contributed by atoms with Crippen molar-refractivity contribution in [1.82, 2.24) is 10.2 Å². The summed E-state index contributed by atoms with van der Waals surface area (Å²) in [6, 6.07) is 26.3. The predicted octanol–water partition coefficient (Wildman–Crippen LogP) is 6.03. The summed E-state index contributed by atoms with van der Waals surface area (Å²) in [7, 11) is -1.49. The smallest absolute Gasteiger partial charge is 0.264 e. The maximum atomic E-state index is 14.6.